The number of aryl methyl sites for hydroxylation is 2. The summed E-state index contributed by atoms with van der Waals surface area (Å²) in [7, 11) is 0. The number of benzene rings is 3. The van der Waals surface area contributed by atoms with Crippen molar-refractivity contribution in [2.75, 3.05) is 13.2 Å². The van der Waals surface area contributed by atoms with Gasteiger partial charge >= 0.3 is 0 Å². The van der Waals surface area contributed by atoms with Crippen LogP contribution in [0.2, 0.25) is 5.02 Å². The van der Waals surface area contributed by atoms with Crippen molar-refractivity contribution in [3.05, 3.63) is 100 Å². The molecule has 0 aliphatic rings. The van der Waals surface area contributed by atoms with Gasteiger partial charge < -0.3 is 15.0 Å². The molecule has 0 aromatic heterocycles. The van der Waals surface area contributed by atoms with E-state index >= 15 is 0 Å². The monoisotopic (exact) mass is 492 g/mol. The highest BCUT2D eigenvalue weighted by molar-refractivity contribution is 6.30. The lowest BCUT2D eigenvalue weighted by atomic mass is 10.0. The molecular formula is C29H33ClN2O3. The van der Waals surface area contributed by atoms with Crippen LogP contribution >= 0.6 is 11.6 Å². The number of carbonyl (C=O) groups excluding carboxylic acids is 2. The third-order valence-corrected chi connectivity index (χ3v) is 5.90. The summed E-state index contributed by atoms with van der Waals surface area (Å²) in [5.74, 6) is 0.202. The molecule has 6 heteroatoms. The SMILES string of the molecule is CCCNC(=O)C(Cc1ccccc1)N(Cc1ccc(Cl)cc1)C(=O)COc1cc(C)cc(C)c1. The van der Waals surface area contributed by atoms with E-state index in [-0.39, 0.29) is 25.0 Å². The van der Waals surface area contributed by atoms with Gasteiger partial charge in [-0.3, -0.25) is 9.59 Å². The first-order valence-corrected chi connectivity index (χ1v) is 12.3. The fourth-order valence-corrected chi connectivity index (χ4v) is 4.08. The molecule has 3 aromatic rings. The van der Waals surface area contributed by atoms with Gasteiger partial charge in [0.2, 0.25) is 5.91 Å². The van der Waals surface area contributed by atoms with Gasteiger partial charge in [0.15, 0.2) is 6.61 Å². The summed E-state index contributed by atoms with van der Waals surface area (Å²) in [4.78, 5) is 28.5. The maximum Gasteiger partial charge on any atom is 0.261 e. The van der Waals surface area contributed by atoms with E-state index in [0.29, 0.717) is 23.7 Å². The Morgan fingerprint density at radius 1 is 0.943 bits per heavy atom. The number of nitrogens with zero attached hydrogens (tertiary/aromatic N) is 1. The largest absolute Gasteiger partial charge is 0.484 e. The number of nitrogens with one attached hydrogen (secondary N) is 1. The third-order valence-electron chi connectivity index (χ3n) is 5.64. The molecule has 184 valence electrons. The van der Waals surface area contributed by atoms with Crippen molar-refractivity contribution in [3.8, 4) is 5.75 Å². The van der Waals surface area contributed by atoms with Crippen molar-refractivity contribution in [2.45, 2.75) is 46.2 Å². The normalized spacial score (nSPS) is 11.5. The van der Waals surface area contributed by atoms with E-state index in [0.717, 1.165) is 28.7 Å². The van der Waals surface area contributed by atoms with Crippen LogP contribution in [0.1, 0.15) is 35.6 Å². The molecule has 0 saturated carbocycles. The standard InChI is InChI=1S/C29H33ClN2O3/c1-4-14-31-29(34)27(18-23-8-6-5-7-9-23)32(19-24-10-12-25(30)13-11-24)28(33)20-35-26-16-21(2)15-22(3)17-26/h5-13,15-17,27H,4,14,18-20H2,1-3H3,(H,31,34). The minimum Gasteiger partial charge on any atom is -0.484 e. The minimum atomic E-state index is -0.685. The molecule has 0 saturated heterocycles. The topological polar surface area (TPSA) is 58.6 Å². The first kappa shape index (κ1) is 26.3. The van der Waals surface area contributed by atoms with Crippen LogP contribution in [0.4, 0.5) is 0 Å². The van der Waals surface area contributed by atoms with Crippen LogP contribution in [-0.2, 0) is 22.6 Å². The predicted octanol–water partition coefficient (Wildman–Crippen LogP) is 5.50. The Balaban J connectivity index is 1.89. The molecule has 0 bridgehead atoms. The molecule has 1 atom stereocenters. The average Bonchev–Trinajstić information content (AvgIpc) is 2.84. The van der Waals surface area contributed by atoms with Gasteiger partial charge in [-0.25, -0.2) is 0 Å². The Morgan fingerprint density at radius 2 is 1.60 bits per heavy atom. The van der Waals surface area contributed by atoms with Crippen molar-refractivity contribution in [1.82, 2.24) is 10.2 Å². The van der Waals surface area contributed by atoms with Crippen molar-refractivity contribution < 1.29 is 14.3 Å². The number of amides is 2. The Kier molecular flexibility index (Phi) is 9.74. The van der Waals surface area contributed by atoms with Crippen LogP contribution in [0.5, 0.6) is 5.75 Å². The second-order valence-electron chi connectivity index (χ2n) is 8.76. The van der Waals surface area contributed by atoms with Gasteiger partial charge in [0.25, 0.3) is 5.91 Å². The predicted molar refractivity (Wildman–Crippen MR) is 141 cm³/mol. The van der Waals surface area contributed by atoms with E-state index < -0.39 is 6.04 Å². The van der Waals surface area contributed by atoms with Gasteiger partial charge in [-0.05, 0) is 66.8 Å². The maximum absolute atomic E-state index is 13.6. The second-order valence-corrected chi connectivity index (χ2v) is 9.19. The summed E-state index contributed by atoms with van der Waals surface area (Å²) in [6.45, 7) is 6.63. The summed E-state index contributed by atoms with van der Waals surface area (Å²) < 4.78 is 5.88. The van der Waals surface area contributed by atoms with E-state index in [1.165, 1.54) is 0 Å². The number of halogens is 1. The summed E-state index contributed by atoms with van der Waals surface area (Å²) in [6, 6.07) is 22.2. The van der Waals surface area contributed by atoms with Gasteiger partial charge in [0.1, 0.15) is 11.8 Å². The highest BCUT2D eigenvalue weighted by Crippen LogP contribution is 2.19. The molecule has 2 amide bonds. The van der Waals surface area contributed by atoms with Gasteiger partial charge in [-0.1, -0.05) is 67.1 Å². The van der Waals surface area contributed by atoms with E-state index in [2.05, 4.69) is 11.4 Å². The molecule has 35 heavy (non-hydrogen) atoms. The van der Waals surface area contributed by atoms with Gasteiger partial charge in [-0.2, -0.15) is 0 Å². The maximum atomic E-state index is 13.6. The lowest BCUT2D eigenvalue weighted by Crippen LogP contribution is -2.51. The van der Waals surface area contributed by atoms with E-state index in [1.807, 2.05) is 75.4 Å². The molecule has 3 aromatic carbocycles. The van der Waals surface area contributed by atoms with Crippen LogP contribution < -0.4 is 10.1 Å². The van der Waals surface area contributed by atoms with Gasteiger partial charge in [0, 0.05) is 24.5 Å². The molecule has 0 radical (unpaired) electrons. The van der Waals surface area contributed by atoms with Gasteiger partial charge in [-0.15, -0.1) is 0 Å². The van der Waals surface area contributed by atoms with E-state index in [1.54, 1.807) is 17.0 Å². The summed E-state index contributed by atoms with van der Waals surface area (Å²) in [5, 5.41) is 3.59. The zero-order valence-corrected chi connectivity index (χ0v) is 21.3. The average molecular weight is 493 g/mol. The summed E-state index contributed by atoms with van der Waals surface area (Å²) in [6.07, 6.45) is 1.21. The first-order chi connectivity index (χ1) is 16.9. The summed E-state index contributed by atoms with van der Waals surface area (Å²) in [5.41, 5.74) is 3.99. The molecule has 0 heterocycles. The van der Waals surface area contributed by atoms with Gasteiger partial charge in [0.05, 0.1) is 0 Å². The minimum absolute atomic E-state index is 0.164. The number of carbonyl (C=O) groups is 2. The Bertz CT molecular complexity index is 1100. The lowest BCUT2D eigenvalue weighted by molar-refractivity contribution is -0.142. The van der Waals surface area contributed by atoms with Crippen LogP contribution in [0.15, 0.2) is 72.8 Å². The molecule has 0 aliphatic carbocycles. The van der Waals surface area contributed by atoms with Crippen molar-refractivity contribution in [1.29, 1.82) is 0 Å². The Morgan fingerprint density at radius 3 is 2.23 bits per heavy atom. The zero-order chi connectivity index (χ0) is 25.2. The molecule has 0 spiro atoms. The van der Waals surface area contributed by atoms with Crippen molar-refractivity contribution in [2.24, 2.45) is 0 Å². The highest BCUT2D eigenvalue weighted by atomic mass is 35.5. The third kappa shape index (κ3) is 8.15. The molecule has 5 nitrogen and oxygen atoms in total. The van der Waals surface area contributed by atoms with Crippen molar-refractivity contribution in [3.63, 3.8) is 0 Å². The van der Waals surface area contributed by atoms with Crippen molar-refractivity contribution >= 4 is 23.4 Å². The fraction of sp³-hybridized carbons (Fsp3) is 0.310. The van der Waals surface area contributed by atoms with Crippen LogP contribution in [-0.4, -0.2) is 35.9 Å². The van der Waals surface area contributed by atoms with E-state index in [9.17, 15) is 9.59 Å². The molecule has 0 fully saturated rings. The molecule has 1 unspecified atom stereocenters. The summed E-state index contributed by atoms with van der Waals surface area (Å²) >= 11 is 6.07. The number of ether oxygens (including phenoxy) is 1. The molecule has 3 rings (SSSR count). The zero-order valence-electron chi connectivity index (χ0n) is 20.6. The number of rotatable bonds is 11. The van der Waals surface area contributed by atoms with Crippen LogP contribution in [0.3, 0.4) is 0 Å². The smallest absolute Gasteiger partial charge is 0.261 e. The first-order valence-electron chi connectivity index (χ1n) is 11.9. The molecule has 0 aliphatic heterocycles. The second kappa shape index (κ2) is 13.0. The number of hydrogen-bond donors (Lipinski definition) is 1. The fourth-order valence-electron chi connectivity index (χ4n) is 3.95. The highest BCUT2D eigenvalue weighted by Gasteiger charge is 2.30. The molecule has 1 N–H and O–H groups in total. The van der Waals surface area contributed by atoms with E-state index in [4.69, 9.17) is 16.3 Å². The lowest BCUT2D eigenvalue weighted by Gasteiger charge is -2.31. The van der Waals surface area contributed by atoms with Crippen LogP contribution in [0, 0.1) is 13.8 Å². The Labute approximate surface area is 213 Å². The number of hydrogen-bond acceptors (Lipinski definition) is 3. The Hall–Kier alpha value is -3.31. The van der Waals surface area contributed by atoms with Crippen LogP contribution in [0.25, 0.3) is 0 Å². The molecular weight excluding hydrogens is 460 g/mol. The quantitative estimate of drug-likeness (QED) is 0.384.